The maximum absolute atomic E-state index is 13.5. The summed E-state index contributed by atoms with van der Waals surface area (Å²) in [6.45, 7) is 6.89. The van der Waals surface area contributed by atoms with Crippen molar-refractivity contribution in [1.82, 2.24) is 5.32 Å². The fourth-order valence-corrected chi connectivity index (χ4v) is 9.49. The zero-order valence-electron chi connectivity index (χ0n) is 48.6. The number of esters is 1. The largest absolute Gasteiger partial charge is 0.472 e. The topological polar surface area (TPSA) is 111 Å². The smallest absolute Gasteiger partial charge is 0.456 e. The molecule has 426 valence electrons. The summed E-state index contributed by atoms with van der Waals surface area (Å²) in [6, 6.07) is -0.864. The van der Waals surface area contributed by atoms with Crippen LogP contribution in [-0.2, 0) is 27.9 Å². The Morgan fingerprint density at radius 2 is 0.877 bits per heavy atom. The van der Waals surface area contributed by atoms with Gasteiger partial charge in [-0.3, -0.25) is 18.6 Å². The monoisotopic (exact) mass is 1050 g/mol. The van der Waals surface area contributed by atoms with E-state index in [1.54, 1.807) is 0 Å². The quantitative estimate of drug-likeness (QED) is 0.0205. The molecule has 2 N–H and O–H groups in total. The number of carbonyl (C=O) groups excluding carboxylic acids is 2. The van der Waals surface area contributed by atoms with Crippen LogP contribution in [0.25, 0.3) is 0 Å². The summed E-state index contributed by atoms with van der Waals surface area (Å²) in [5.74, 6) is -0.534. The molecular weight excluding hydrogens is 928 g/mol. The van der Waals surface area contributed by atoms with Crippen molar-refractivity contribution >= 4 is 19.7 Å². The van der Waals surface area contributed by atoms with Crippen molar-refractivity contribution in [3.63, 3.8) is 0 Å². The fraction of sp³-hybridized carbons (Fsp3) is 0.810. The highest BCUT2D eigenvalue weighted by molar-refractivity contribution is 7.47. The van der Waals surface area contributed by atoms with Crippen molar-refractivity contribution in [1.29, 1.82) is 0 Å². The summed E-state index contributed by atoms with van der Waals surface area (Å²) in [4.78, 5) is 37.7. The molecule has 0 spiro atoms. The number of phosphoric ester groups is 1. The Hall–Kier alpha value is -2.29. The van der Waals surface area contributed by atoms with Crippen LogP contribution in [0.3, 0.4) is 0 Å². The number of carbonyl (C=O) groups is 2. The SMILES string of the molecule is CC/C=C/C/C=C/C/C=C/C/C=C/CCCCCC(=O)NC(COP(=O)(O)OCC[N+](C)(C)C)C(/C=C/CCCCCCCCCCCC)OC(=O)CCCCCCCCCCCCCCCCCCCCC. The van der Waals surface area contributed by atoms with Gasteiger partial charge in [-0.25, -0.2) is 4.57 Å². The molecule has 0 rings (SSSR count). The van der Waals surface area contributed by atoms with Crippen molar-refractivity contribution in [2.75, 3.05) is 40.9 Å². The van der Waals surface area contributed by atoms with Gasteiger partial charge in [0.2, 0.25) is 5.91 Å². The molecule has 3 atom stereocenters. The molecule has 0 aliphatic carbocycles. The molecule has 0 saturated carbocycles. The van der Waals surface area contributed by atoms with Gasteiger partial charge >= 0.3 is 13.8 Å². The van der Waals surface area contributed by atoms with Crippen molar-refractivity contribution in [2.45, 2.75) is 290 Å². The van der Waals surface area contributed by atoms with Gasteiger partial charge in [0.05, 0.1) is 33.8 Å². The van der Waals surface area contributed by atoms with Crippen LogP contribution in [0.2, 0.25) is 0 Å². The van der Waals surface area contributed by atoms with Gasteiger partial charge in [0.25, 0.3) is 0 Å². The molecule has 0 aromatic rings. The number of allylic oxidation sites excluding steroid dienone is 9. The predicted molar refractivity (Wildman–Crippen MR) is 314 cm³/mol. The van der Waals surface area contributed by atoms with E-state index in [0.717, 1.165) is 83.5 Å². The molecule has 73 heavy (non-hydrogen) atoms. The van der Waals surface area contributed by atoms with E-state index >= 15 is 0 Å². The number of phosphoric acid groups is 1. The highest BCUT2D eigenvalue weighted by atomic mass is 31.2. The molecule has 0 saturated heterocycles. The summed E-state index contributed by atoms with van der Waals surface area (Å²) < 4.78 is 30.7. The van der Waals surface area contributed by atoms with Gasteiger partial charge in [-0.05, 0) is 70.3 Å². The van der Waals surface area contributed by atoms with Crippen LogP contribution in [0.5, 0.6) is 0 Å². The molecule has 0 bridgehead atoms. The lowest BCUT2D eigenvalue weighted by Gasteiger charge is -2.27. The van der Waals surface area contributed by atoms with Crippen molar-refractivity contribution in [3.8, 4) is 0 Å². The number of quaternary nitrogens is 1. The maximum atomic E-state index is 13.5. The van der Waals surface area contributed by atoms with Gasteiger partial charge in [0.1, 0.15) is 19.3 Å². The first-order valence-electron chi connectivity index (χ1n) is 30.6. The first kappa shape index (κ1) is 70.7. The molecule has 10 heteroatoms. The Kier molecular flexibility index (Phi) is 51.5. The lowest BCUT2D eigenvalue weighted by atomic mass is 10.0. The number of likely N-dealkylation sites (N-methyl/N-ethyl adjacent to an activating group) is 1. The predicted octanol–water partition coefficient (Wildman–Crippen LogP) is 18.7. The van der Waals surface area contributed by atoms with E-state index in [4.69, 9.17) is 13.8 Å². The minimum atomic E-state index is -4.45. The Morgan fingerprint density at radius 1 is 0.493 bits per heavy atom. The summed E-state index contributed by atoms with van der Waals surface area (Å²) in [7, 11) is 1.48. The number of nitrogens with one attached hydrogen (secondary N) is 1. The first-order valence-corrected chi connectivity index (χ1v) is 32.1. The van der Waals surface area contributed by atoms with E-state index in [0.29, 0.717) is 23.9 Å². The third-order valence-electron chi connectivity index (χ3n) is 13.5. The second kappa shape index (κ2) is 53.1. The summed E-state index contributed by atoms with van der Waals surface area (Å²) in [6.07, 6.45) is 66.5. The van der Waals surface area contributed by atoms with E-state index < -0.39 is 20.0 Å². The lowest BCUT2D eigenvalue weighted by Crippen LogP contribution is -2.47. The van der Waals surface area contributed by atoms with Crippen LogP contribution in [0.1, 0.15) is 278 Å². The molecule has 0 aromatic heterocycles. The Bertz CT molecular complexity index is 1440. The second-order valence-corrected chi connectivity index (χ2v) is 23.3. The second-order valence-electron chi connectivity index (χ2n) is 21.9. The molecule has 3 unspecified atom stereocenters. The van der Waals surface area contributed by atoms with E-state index in [-0.39, 0.29) is 31.5 Å². The lowest BCUT2D eigenvalue weighted by molar-refractivity contribution is -0.870. The van der Waals surface area contributed by atoms with Crippen molar-refractivity contribution in [3.05, 3.63) is 60.8 Å². The average molecular weight is 1050 g/mol. The number of ether oxygens (including phenoxy) is 1. The van der Waals surface area contributed by atoms with Crippen molar-refractivity contribution < 1.29 is 37.3 Å². The normalized spacial score (nSPS) is 14.1. The van der Waals surface area contributed by atoms with Gasteiger partial charge in [-0.2, -0.15) is 0 Å². The summed E-state index contributed by atoms with van der Waals surface area (Å²) >= 11 is 0. The molecule has 0 fully saturated rings. The first-order chi connectivity index (χ1) is 35.4. The number of hydrogen-bond acceptors (Lipinski definition) is 6. The van der Waals surface area contributed by atoms with Crippen LogP contribution >= 0.6 is 7.82 Å². The standard InChI is InChI=1S/C63H117N2O7P/c1-7-10-13-16-19-22-25-28-30-32-33-34-36-38-41-44-47-50-53-56-63(67)72-61(54-51-48-45-42-39-27-24-21-18-15-12-9-3)60(59-71-73(68,69)70-58-57-65(4,5)6)64-62(66)55-52-49-46-43-40-37-35-31-29-26-23-20-17-14-11-8-2/h11,14,20,23,29,31,37,40,51,54,60-61H,7-10,12-13,15-19,21-22,24-28,30,32-36,38-39,41-50,52-53,55-59H2,1-6H3,(H-,64,66,68,69)/p+1/b14-11+,23-20+,31-29+,40-37+,54-51+. The summed E-state index contributed by atoms with van der Waals surface area (Å²) in [5, 5.41) is 3.04. The Morgan fingerprint density at radius 3 is 1.33 bits per heavy atom. The van der Waals surface area contributed by atoms with E-state index in [9.17, 15) is 19.0 Å². The van der Waals surface area contributed by atoms with E-state index in [2.05, 4.69) is 74.7 Å². The van der Waals surface area contributed by atoms with Gasteiger partial charge in [0, 0.05) is 12.8 Å². The van der Waals surface area contributed by atoms with Crippen LogP contribution in [0, 0.1) is 0 Å². The molecule has 1 amide bonds. The third kappa shape index (κ3) is 54.3. The molecular formula is C63H118N2O7P+. The zero-order valence-corrected chi connectivity index (χ0v) is 49.5. The van der Waals surface area contributed by atoms with Crippen molar-refractivity contribution in [2.24, 2.45) is 0 Å². The molecule has 9 nitrogen and oxygen atoms in total. The highest BCUT2D eigenvalue weighted by Crippen LogP contribution is 2.43. The molecule has 0 aromatic carbocycles. The van der Waals surface area contributed by atoms with Crippen LogP contribution in [0.4, 0.5) is 0 Å². The number of nitrogens with zero attached hydrogens (tertiary/aromatic N) is 1. The number of unbranched alkanes of at least 4 members (excludes halogenated alkanes) is 31. The Balaban J connectivity index is 5.29. The average Bonchev–Trinajstić information content (AvgIpc) is 3.35. The molecule has 0 heterocycles. The highest BCUT2D eigenvalue weighted by Gasteiger charge is 2.30. The number of amides is 1. The zero-order chi connectivity index (χ0) is 53.6. The van der Waals surface area contributed by atoms with Crippen LogP contribution in [0.15, 0.2) is 60.8 Å². The van der Waals surface area contributed by atoms with Gasteiger partial charge in [0.15, 0.2) is 0 Å². The fourth-order valence-electron chi connectivity index (χ4n) is 8.76. The third-order valence-corrected chi connectivity index (χ3v) is 14.5. The van der Waals surface area contributed by atoms with Gasteiger partial charge in [-0.1, -0.05) is 255 Å². The van der Waals surface area contributed by atoms with Gasteiger partial charge < -0.3 is 19.4 Å². The molecule has 0 aliphatic heterocycles. The number of rotatable bonds is 55. The van der Waals surface area contributed by atoms with E-state index in [1.807, 2.05) is 33.3 Å². The van der Waals surface area contributed by atoms with Crippen LogP contribution in [-0.4, -0.2) is 74.3 Å². The van der Waals surface area contributed by atoms with Crippen LogP contribution < -0.4 is 5.32 Å². The molecule has 0 aliphatic rings. The maximum Gasteiger partial charge on any atom is 0.472 e. The summed E-state index contributed by atoms with van der Waals surface area (Å²) in [5.41, 5.74) is 0. The minimum absolute atomic E-state index is 0.0336. The minimum Gasteiger partial charge on any atom is -0.456 e. The number of hydrogen-bond donors (Lipinski definition) is 2. The van der Waals surface area contributed by atoms with E-state index in [1.165, 1.54) is 154 Å². The molecule has 0 radical (unpaired) electrons. The van der Waals surface area contributed by atoms with Gasteiger partial charge in [-0.15, -0.1) is 0 Å². The Labute approximate surface area is 451 Å².